The van der Waals surface area contributed by atoms with Gasteiger partial charge in [0.2, 0.25) is 5.88 Å². The first-order chi connectivity index (χ1) is 12.2. The van der Waals surface area contributed by atoms with Crippen molar-refractivity contribution in [2.75, 3.05) is 7.11 Å². The van der Waals surface area contributed by atoms with Crippen molar-refractivity contribution in [3.8, 4) is 5.88 Å². The first-order valence-corrected chi connectivity index (χ1v) is 8.00. The molecule has 0 saturated heterocycles. The molecule has 1 aliphatic heterocycles. The van der Waals surface area contributed by atoms with Crippen LogP contribution in [-0.2, 0) is 16.1 Å². The van der Waals surface area contributed by atoms with Crippen LogP contribution < -0.4 is 10.1 Å². The molecule has 8 heteroatoms. The number of methoxy groups -OCH3 is 1. The number of carbonyl (C=O) groups is 2. The van der Waals surface area contributed by atoms with Crippen LogP contribution >= 0.6 is 0 Å². The Labute approximate surface area is 151 Å². The molecule has 7 nitrogen and oxygen atoms in total. The number of amides is 1. The lowest BCUT2D eigenvalue weighted by atomic mass is 10.2. The predicted octanol–water partition coefficient (Wildman–Crippen LogP) is 2.69. The van der Waals surface area contributed by atoms with Crippen molar-refractivity contribution in [1.82, 2.24) is 15.2 Å². The fourth-order valence-corrected chi connectivity index (χ4v) is 2.20. The lowest BCUT2D eigenvalue weighted by molar-refractivity contribution is -0.105. The Hall–Kier alpha value is -2.90. The highest BCUT2D eigenvalue weighted by atomic mass is 19.1. The summed E-state index contributed by atoms with van der Waals surface area (Å²) < 4.78 is 24.6. The Balaban J connectivity index is 2.33. The van der Waals surface area contributed by atoms with Crippen LogP contribution in [-0.4, -0.2) is 41.3 Å². The van der Waals surface area contributed by atoms with E-state index < -0.39 is 18.0 Å². The van der Waals surface area contributed by atoms with Crippen LogP contribution in [0.25, 0.3) is 0 Å². The molecule has 1 aliphatic rings. The number of ether oxygens (including phenoxy) is 2. The number of nitrogens with one attached hydrogen (secondary N) is 1. The number of hydrogen-bond acceptors (Lipinski definition) is 6. The third-order valence-electron chi connectivity index (χ3n) is 3.39. The van der Waals surface area contributed by atoms with Crippen LogP contribution in [0.3, 0.4) is 0 Å². The summed E-state index contributed by atoms with van der Waals surface area (Å²) in [7, 11) is 1.49. The van der Waals surface area contributed by atoms with Crippen molar-refractivity contribution >= 4 is 12.4 Å². The highest BCUT2D eigenvalue weighted by Crippen LogP contribution is 2.21. The number of pyridine rings is 1. The van der Waals surface area contributed by atoms with Gasteiger partial charge in [0, 0.05) is 17.8 Å². The number of nitrogens with zero attached hydrogens (tertiary/aromatic N) is 2. The molecule has 140 valence electrons. The van der Waals surface area contributed by atoms with Gasteiger partial charge in [-0.2, -0.15) is 0 Å². The summed E-state index contributed by atoms with van der Waals surface area (Å²) in [5.41, 5.74) is -0.0613. The molecular formula is C18H22FN3O4. The fourth-order valence-electron chi connectivity index (χ4n) is 2.20. The van der Waals surface area contributed by atoms with Gasteiger partial charge in [0.25, 0.3) is 0 Å². The topological polar surface area (TPSA) is 80.8 Å². The zero-order valence-corrected chi connectivity index (χ0v) is 15.2. The van der Waals surface area contributed by atoms with E-state index in [1.54, 1.807) is 39.1 Å². The number of aldehydes is 1. The van der Waals surface area contributed by atoms with Gasteiger partial charge in [-0.25, -0.2) is 14.2 Å². The summed E-state index contributed by atoms with van der Waals surface area (Å²) >= 11 is 0. The first kappa shape index (κ1) is 19.4. The number of dihydropyridines is 1. The molecule has 0 radical (unpaired) electrons. The predicted molar refractivity (Wildman–Crippen MR) is 92.8 cm³/mol. The molecule has 1 atom stereocenters. The minimum Gasteiger partial charge on any atom is -0.481 e. The number of aromatic nitrogens is 1. The quantitative estimate of drug-likeness (QED) is 0.640. The summed E-state index contributed by atoms with van der Waals surface area (Å²) in [5.74, 6) is 0.580. The monoisotopic (exact) mass is 363 g/mol. The summed E-state index contributed by atoms with van der Waals surface area (Å²) in [6.07, 6.45) is 2.41. The lowest BCUT2D eigenvalue weighted by Gasteiger charge is -2.31. The van der Waals surface area contributed by atoms with Gasteiger partial charge in [0.1, 0.15) is 11.4 Å². The standard InChI is InChI=1S/C18H22FN3O4/c1-18(2,3)26-17(24)22(10-12-7-8-20-15(9-12)25-4)14-6-5-13(11-23)16(19)21-14/h5-9,11,16,21H,10H2,1-4H3. The van der Waals surface area contributed by atoms with E-state index in [1.807, 2.05) is 0 Å². The Kier molecular flexibility index (Phi) is 5.97. The molecule has 2 rings (SSSR count). The molecule has 0 aromatic carbocycles. The van der Waals surface area contributed by atoms with Gasteiger partial charge in [-0.3, -0.25) is 9.69 Å². The van der Waals surface area contributed by atoms with Crippen molar-refractivity contribution in [2.24, 2.45) is 0 Å². The van der Waals surface area contributed by atoms with Gasteiger partial charge in [-0.05, 0) is 44.6 Å². The Morgan fingerprint density at radius 3 is 2.73 bits per heavy atom. The van der Waals surface area contributed by atoms with Crippen LogP contribution in [0, 0.1) is 0 Å². The molecule has 0 fully saturated rings. The average molecular weight is 363 g/mol. The van der Waals surface area contributed by atoms with E-state index >= 15 is 0 Å². The molecule has 1 amide bonds. The van der Waals surface area contributed by atoms with Crippen molar-refractivity contribution in [2.45, 2.75) is 39.2 Å². The summed E-state index contributed by atoms with van der Waals surface area (Å²) in [6, 6.07) is 3.38. The number of halogens is 1. The Morgan fingerprint density at radius 2 is 2.15 bits per heavy atom. The molecule has 0 saturated carbocycles. The van der Waals surface area contributed by atoms with Crippen LogP contribution in [0.1, 0.15) is 26.3 Å². The molecule has 0 aliphatic carbocycles. The molecule has 1 N–H and O–H groups in total. The van der Waals surface area contributed by atoms with E-state index in [9.17, 15) is 14.0 Å². The van der Waals surface area contributed by atoms with Crippen molar-refractivity contribution in [1.29, 1.82) is 0 Å². The van der Waals surface area contributed by atoms with Crippen LogP contribution in [0.4, 0.5) is 9.18 Å². The van der Waals surface area contributed by atoms with Gasteiger partial charge in [-0.1, -0.05) is 0 Å². The van der Waals surface area contributed by atoms with E-state index in [1.165, 1.54) is 24.2 Å². The fraction of sp³-hybridized carbons (Fsp3) is 0.389. The molecule has 26 heavy (non-hydrogen) atoms. The van der Waals surface area contributed by atoms with Gasteiger partial charge in [-0.15, -0.1) is 0 Å². The van der Waals surface area contributed by atoms with Crippen molar-refractivity contribution in [3.63, 3.8) is 0 Å². The maximum atomic E-state index is 14.1. The third kappa shape index (κ3) is 5.05. The van der Waals surface area contributed by atoms with Crippen LogP contribution in [0.15, 0.2) is 41.9 Å². The van der Waals surface area contributed by atoms with Gasteiger partial charge in [0.15, 0.2) is 12.6 Å². The highest BCUT2D eigenvalue weighted by molar-refractivity contribution is 5.76. The van der Waals surface area contributed by atoms with Gasteiger partial charge in [0.05, 0.1) is 13.7 Å². The highest BCUT2D eigenvalue weighted by Gasteiger charge is 2.28. The van der Waals surface area contributed by atoms with E-state index in [4.69, 9.17) is 9.47 Å². The number of alkyl halides is 1. The summed E-state index contributed by atoms with van der Waals surface area (Å²) in [5, 5.41) is 2.51. The number of carbonyl (C=O) groups excluding carboxylic acids is 2. The maximum Gasteiger partial charge on any atom is 0.416 e. The Morgan fingerprint density at radius 1 is 1.42 bits per heavy atom. The molecule has 1 aromatic heterocycles. The smallest absolute Gasteiger partial charge is 0.416 e. The molecule has 1 unspecified atom stereocenters. The largest absolute Gasteiger partial charge is 0.481 e. The first-order valence-electron chi connectivity index (χ1n) is 8.00. The summed E-state index contributed by atoms with van der Waals surface area (Å²) in [4.78, 5) is 28.7. The van der Waals surface area contributed by atoms with Gasteiger partial charge >= 0.3 is 6.09 Å². The second-order valence-corrected chi connectivity index (χ2v) is 6.62. The second kappa shape index (κ2) is 7.99. The molecule has 0 spiro atoms. The molecule has 1 aromatic rings. The van der Waals surface area contributed by atoms with Crippen LogP contribution in [0.2, 0.25) is 0 Å². The van der Waals surface area contributed by atoms with E-state index in [2.05, 4.69) is 10.3 Å². The minimum atomic E-state index is -1.70. The molecule has 0 bridgehead atoms. The number of hydrogen-bond donors (Lipinski definition) is 1. The number of allylic oxidation sites excluding steroid dienone is 2. The van der Waals surface area contributed by atoms with E-state index in [-0.39, 0.29) is 17.9 Å². The van der Waals surface area contributed by atoms with Crippen LogP contribution in [0.5, 0.6) is 5.88 Å². The van der Waals surface area contributed by atoms with Gasteiger partial charge < -0.3 is 14.8 Å². The molecule has 2 heterocycles. The zero-order chi connectivity index (χ0) is 19.3. The average Bonchev–Trinajstić information content (AvgIpc) is 2.58. The minimum absolute atomic E-state index is 0.0523. The lowest BCUT2D eigenvalue weighted by Crippen LogP contribution is -2.43. The molecular weight excluding hydrogens is 341 g/mol. The number of rotatable bonds is 5. The summed E-state index contributed by atoms with van der Waals surface area (Å²) in [6.45, 7) is 5.32. The van der Waals surface area contributed by atoms with E-state index in [0.29, 0.717) is 17.7 Å². The third-order valence-corrected chi connectivity index (χ3v) is 3.39. The SMILES string of the molecule is COc1cc(CN(C(=O)OC(C)(C)C)C2=CC=C(C=O)C(F)N2)ccn1. The maximum absolute atomic E-state index is 14.1. The van der Waals surface area contributed by atoms with Crippen molar-refractivity contribution < 1.29 is 23.5 Å². The Bertz CT molecular complexity index is 740. The zero-order valence-electron chi connectivity index (χ0n) is 15.2. The van der Waals surface area contributed by atoms with Crippen molar-refractivity contribution in [3.05, 3.63) is 47.4 Å². The van der Waals surface area contributed by atoms with E-state index in [0.717, 1.165) is 0 Å². The normalized spacial score (nSPS) is 16.7. The second-order valence-electron chi connectivity index (χ2n) is 6.62.